The number of sulfonamides is 1. The highest BCUT2D eigenvalue weighted by atomic mass is 79.9. The van der Waals surface area contributed by atoms with Gasteiger partial charge in [-0.25, -0.2) is 27.3 Å². The summed E-state index contributed by atoms with van der Waals surface area (Å²) in [6.45, 7) is 7.37. The minimum atomic E-state index is -3.71. The van der Waals surface area contributed by atoms with Gasteiger partial charge in [0.1, 0.15) is 11.6 Å². The van der Waals surface area contributed by atoms with E-state index in [1.807, 2.05) is 7.05 Å². The van der Waals surface area contributed by atoms with E-state index in [0.29, 0.717) is 29.7 Å². The highest BCUT2D eigenvalue weighted by molar-refractivity contribution is 9.10. The van der Waals surface area contributed by atoms with Crippen molar-refractivity contribution in [2.45, 2.75) is 17.7 Å². The molecule has 3 aromatic rings. The Labute approximate surface area is 293 Å². The maximum atomic E-state index is 14.2. The molecule has 4 rings (SSSR count). The number of carboxylic acids is 1. The van der Waals surface area contributed by atoms with Gasteiger partial charge in [-0.3, -0.25) is 4.79 Å². The van der Waals surface area contributed by atoms with Crippen LogP contribution >= 0.6 is 15.9 Å². The first-order chi connectivity index (χ1) is 23.4. The number of anilines is 4. The van der Waals surface area contributed by atoms with Gasteiger partial charge in [0.2, 0.25) is 16.0 Å². The fourth-order valence-corrected chi connectivity index (χ4v) is 6.55. The van der Waals surface area contributed by atoms with Crippen molar-refractivity contribution in [2.24, 2.45) is 5.73 Å². The van der Waals surface area contributed by atoms with Gasteiger partial charge >= 0.3 is 5.97 Å². The number of benzene rings is 2. The third-order valence-electron chi connectivity index (χ3n) is 7.78. The first kappa shape index (κ1) is 37.8. The summed E-state index contributed by atoms with van der Waals surface area (Å²) in [5.41, 5.74) is 5.72. The molecule has 0 aliphatic carbocycles. The van der Waals surface area contributed by atoms with Crippen LogP contribution in [0.3, 0.4) is 0 Å². The lowest BCUT2D eigenvalue weighted by molar-refractivity contribution is -0.131. The second-order valence-corrected chi connectivity index (χ2v) is 14.1. The Morgan fingerprint density at radius 2 is 1.73 bits per heavy atom. The third kappa shape index (κ3) is 11.8. The molecule has 0 spiro atoms. The number of hydrogen-bond donors (Lipinski definition) is 5. The number of likely N-dealkylation sites (N-methyl/N-ethyl adjacent to an activating group) is 1. The van der Waals surface area contributed by atoms with Crippen molar-refractivity contribution < 1.29 is 27.5 Å². The number of amides is 1. The average Bonchev–Trinajstić information content (AvgIpc) is 3.05. The molecular formula is C32H41BrFN9O5S. The molecule has 1 aliphatic heterocycles. The summed E-state index contributed by atoms with van der Waals surface area (Å²) in [5, 5.41) is 14.6. The topological polar surface area (TPSA) is 186 Å². The van der Waals surface area contributed by atoms with Gasteiger partial charge < -0.3 is 36.2 Å². The van der Waals surface area contributed by atoms with Gasteiger partial charge in [-0.15, -0.1) is 0 Å². The molecule has 1 aromatic heterocycles. The van der Waals surface area contributed by atoms with Gasteiger partial charge in [-0.2, -0.15) is 4.98 Å². The molecule has 0 unspecified atom stereocenters. The van der Waals surface area contributed by atoms with Crippen molar-refractivity contribution in [3.8, 4) is 0 Å². The summed E-state index contributed by atoms with van der Waals surface area (Å²) in [5.74, 6) is -2.20. The van der Waals surface area contributed by atoms with Crippen LogP contribution in [0.4, 0.5) is 27.5 Å². The SMILES string of the molecule is CN(C/C=C/C(=O)O)CCCN1CCN(CCCNS(=O)(=O)c2ccc(Nc3ncc(Br)c(Nc4cccc(F)c4C(N)=O)n3)cc2)CC1. The molecule has 14 nitrogen and oxygen atoms in total. The number of aliphatic carboxylic acids is 1. The maximum Gasteiger partial charge on any atom is 0.328 e. The number of carbonyl (C=O) groups is 2. The molecule has 0 saturated carbocycles. The van der Waals surface area contributed by atoms with E-state index in [-0.39, 0.29) is 27.9 Å². The Morgan fingerprint density at radius 3 is 2.39 bits per heavy atom. The summed E-state index contributed by atoms with van der Waals surface area (Å²) < 4.78 is 43.1. The van der Waals surface area contributed by atoms with Gasteiger partial charge in [0.05, 0.1) is 20.6 Å². The van der Waals surface area contributed by atoms with Crippen LogP contribution in [-0.4, -0.2) is 116 Å². The molecule has 264 valence electrons. The number of carboxylic acid groups (broad SMARTS) is 1. The molecular weight excluding hydrogens is 721 g/mol. The van der Waals surface area contributed by atoms with Crippen LogP contribution in [0, 0.1) is 5.82 Å². The van der Waals surface area contributed by atoms with Crippen LogP contribution in [0.15, 0.2) is 70.2 Å². The Bertz CT molecular complexity index is 1720. The molecule has 0 atom stereocenters. The number of piperazine rings is 1. The summed E-state index contributed by atoms with van der Waals surface area (Å²) in [7, 11) is -1.73. The van der Waals surface area contributed by atoms with Crippen LogP contribution in [0.5, 0.6) is 0 Å². The molecule has 2 heterocycles. The van der Waals surface area contributed by atoms with Crippen LogP contribution in [0.2, 0.25) is 0 Å². The number of nitrogens with zero attached hydrogens (tertiary/aromatic N) is 5. The molecule has 0 radical (unpaired) electrons. The quantitative estimate of drug-likeness (QED) is 0.0943. The zero-order valence-corrected chi connectivity index (χ0v) is 29.5. The van der Waals surface area contributed by atoms with Gasteiger partial charge in [-0.1, -0.05) is 12.1 Å². The summed E-state index contributed by atoms with van der Waals surface area (Å²) in [6, 6.07) is 10.2. The smallest absolute Gasteiger partial charge is 0.328 e. The van der Waals surface area contributed by atoms with E-state index in [2.05, 4.69) is 56.0 Å². The molecule has 1 aliphatic rings. The molecule has 2 aromatic carbocycles. The lowest BCUT2D eigenvalue weighted by atomic mass is 10.1. The van der Waals surface area contributed by atoms with E-state index in [4.69, 9.17) is 10.8 Å². The van der Waals surface area contributed by atoms with E-state index in [1.54, 1.807) is 18.2 Å². The van der Waals surface area contributed by atoms with E-state index < -0.39 is 27.7 Å². The standard InChI is InChI=1S/C32H41BrFN9O5S/c1-41(14-3-8-28(44)45)15-5-17-43-20-18-42(19-21-43)16-4-13-37-49(47,48)24-11-9-23(10-12-24)38-32-36-22-25(33)31(40-32)39-27-7-2-6-26(34)29(27)30(35)46/h2-3,6-12,22,37H,4-5,13-21H2,1H3,(H2,35,46)(H,44,45)(H2,36,38,39,40)/b8-3+. The molecule has 49 heavy (non-hydrogen) atoms. The maximum absolute atomic E-state index is 14.2. The van der Waals surface area contributed by atoms with Crippen molar-refractivity contribution in [2.75, 3.05) is 76.6 Å². The third-order valence-corrected chi connectivity index (χ3v) is 9.83. The number of nitrogens with two attached hydrogens (primary N) is 1. The number of carbonyl (C=O) groups excluding carboxylic acids is 1. The largest absolute Gasteiger partial charge is 0.478 e. The summed E-state index contributed by atoms with van der Waals surface area (Å²) in [4.78, 5) is 37.9. The Morgan fingerprint density at radius 1 is 1.06 bits per heavy atom. The summed E-state index contributed by atoms with van der Waals surface area (Å²) >= 11 is 3.34. The highest BCUT2D eigenvalue weighted by Crippen LogP contribution is 2.28. The minimum absolute atomic E-state index is 0.124. The number of aromatic nitrogens is 2. The van der Waals surface area contributed by atoms with Crippen LogP contribution in [-0.2, 0) is 14.8 Å². The normalized spacial score (nSPS) is 14.4. The zero-order chi connectivity index (χ0) is 35.4. The number of hydrogen-bond acceptors (Lipinski definition) is 11. The average molecular weight is 763 g/mol. The number of rotatable bonds is 18. The van der Waals surface area contributed by atoms with E-state index >= 15 is 0 Å². The van der Waals surface area contributed by atoms with Crippen LogP contribution < -0.4 is 21.1 Å². The first-order valence-corrected chi connectivity index (χ1v) is 18.0. The first-order valence-electron chi connectivity index (χ1n) is 15.7. The lowest BCUT2D eigenvalue weighted by Crippen LogP contribution is -2.47. The van der Waals surface area contributed by atoms with Crippen molar-refractivity contribution in [3.05, 3.63) is 76.7 Å². The minimum Gasteiger partial charge on any atom is -0.478 e. The number of primary amides is 1. The van der Waals surface area contributed by atoms with Crippen molar-refractivity contribution in [3.63, 3.8) is 0 Å². The van der Waals surface area contributed by atoms with Crippen LogP contribution in [0.1, 0.15) is 23.2 Å². The van der Waals surface area contributed by atoms with Gasteiger partial charge in [0, 0.05) is 57.2 Å². The monoisotopic (exact) mass is 761 g/mol. The Balaban J connectivity index is 1.19. The zero-order valence-electron chi connectivity index (χ0n) is 27.1. The van der Waals surface area contributed by atoms with Gasteiger partial charge in [0.15, 0.2) is 0 Å². The molecule has 6 N–H and O–H groups in total. The molecule has 1 saturated heterocycles. The van der Waals surface area contributed by atoms with Crippen molar-refractivity contribution >= 4 is 61.0 Å². The number of halogens is 2. The summed E-state index contributed by atoms with van der Waals surface area (Å²) in [6.07, 6.45) is 5.97. The lowest BCUT2D eigenvalue weighted by Gasteiger charge is -2.35. The molecule has 0 bridgehead atoms. The fourth-order valence-electron chi connectivity index (χ4n) is 5.19. The van der Waals surface area contributed by atoms with E-state index in [9.17, 15) is 22.4 Å². The molecule has 1 amide bonds. The predicted octanol–water partition coefficient (Wildman–Crippen LogP) is 3.21. The van der Waals surface area contributed by atoms with E-state index in [0.717, 1.165) is 58.3 Å². The molecule has 1 fully saturated rings. The van der Waals surface area contributed by atoms with Crippen LogP contribution in [0.25, 0.3) is 0 Å². The second kappa shape index (κ2) is 18.1. The van der Waals surface area contributed by atoms with E-state index in [1.165, 1.54) is 36.5 Å². The Hall–Kier alpha value is -4.00. The van der Waals surface area contributed by atoms with Crippen molar-refractivity contribution in [1.29, 1.82) is 0 Å². The predicted molar refractivity (Wildman–Crippen MR) is 189 cm³/mol. The van der Waals surface area contributed by atoms with Gasteiger partial charge in [0.25, 0.3) is 5.91 Å². The second-order valence-electron chi connectivity index (χ2n) is 11.5. The van der Waals surface area contributed by atoms with Crippen molar-refractivity contribution in [1.82, 2.24) is 29.4 Å². The van der Waals surface area contributed by atoms with Gasteiger partial charge in [-0.05, 0) is 91.9 Å². The Kier molecular flexibility index (Phi) is 14.0. The number of nitrogens with one attached hydrogen (secondary N) is 3. The molecule has 17 heteroatoms. The fraction of sp³-hybridized carbons (Fsp3) is 0.375. The highest BCUT2D eigenvalue weighted by Gasteiger charge is 2.19.